The van der Waals surface area contributed by atoms with Crippen LogP contribution in [0.25, 0.3) is 11.8 Å². The molecule has 0 radical (unpaired) electrons. The van der Waals surface area contributed by atoms with Gasteiger partial charge in [-0.2, -0.15) is 0 Å². The minimum absolute atomic E-state index is 0.00494. The molecule has 1 aliphatic heterocycles. The number of carbonyl (C=O) groups is 1. The van der Waals surface area contributed by atoms with Crippen LogP contribution in [0.15, 0.2) is 58.6 Å². The van der Waals surface area contributed by atoms with Crippen molar-refractivity contribution in [3.63, 3.8) is 0 Å². The predicted octanol–water partition coefficient (Wildman–Crippen LogP) is 7.29. The average molecular weight is 706 g/mol. The summed E-state index contributed by atoms with van der Waals surface area (Å²) in [5, 5.41) is 4.20. The van der Waals surface area contributed by atoms with Crippen molar-refractivity contribution in [2.24, 2.45) is 5.16 Å². The predicted molar refractivity (Wildman–Crippen MR) is 175 cm³/mol. The highest BCUT2D eigenvalue weighted by Gasteiger charge is 2.56. The third-order valence-corrected chi connectivity index (χ3v) is 13.1. The van der Waals surface area contributed by atoms with Crippen LogP contribution >= 0.6 is 15.9 Å². The first-order valence-corrected chi connectivity index (χ1v) is 18.2. The molecular weight excluding hydrogens is 666 g/mol. The molecule has 2 aromatic carbocycles. The van der Waals surface area contributed by atoms with E-state index < -0.39 is 31.6 Å². The minimum Gasteiger partial charge on any atom is -0.495 e. The number of carbonyl (C=O) groups excluding carboxylic acids is 1. The Morgan fingerprint density at radius 1 is 1.16 bits per heavy atom. The van der Waals surface area contributed by atoms with Crippen molar-refractivity contribution in [2.45, 2.75) is 58.5 Å². The molecule has 0 amide bonds. The summed E-state index contributed by atoms with van der Waals surface area (Å²) in [5.74, 6) is -1.82. The summed E-state index contributed by atoms with van der Waals surface area (Å²) >= 11 is 3.62. The Labute approximate surface area is 272 Å². The number of amidine groups is 1. The molecule has 242 valence electrons. The zero-order valence-corrected chi connectivity index (χ0v) is 29.4. The van der Waals surface area contributed by atoms with Crippen LogP contribution in [0.2, 0.25) is 18.1 Å². The number of aryl methyl sites for hydroxylation is 1. The van der Waals surface area contributed by atoms with E-state index in [9.17, 15) is 13.6 Å². The SMILES string of the molecule is CCOC(=O)C1(c2cc(F)cc(F)c2)ON=C(/C(Br)=C/c2ccc(-n3cnc(C)c3)c(OC)c2)N1CCO[Si](C)(C)C(C)(C)C. The van der Waals surface area contributed by atoms with E-state index in [-0.39, 0.29) is 36.2 Å². The molecule has 0 N–H and O–H groups in total. The Hall–Kier alpha value is -3.55. The van der Waals surface area contributed by atoms with E-state index in [1.165, 1.54) is 4.90 Å². The van der Waals surface area contributed by atoms with Crippen LogP contribution in [0.3, 0.4) is 0 Å². The van der Waals surface area contributed by atoms with E-state index >= 15 is 0 Å². The van der Waals surface area contributed by atoms with E-state index in [4.69, 9.17) is 18.7 Å². The Bertz CT molecular complexity index is 1600. The van der Waals surface area contributed by atoms with Crippen molar-refractivity contribution in [1.29, 1.82) is 0 Å². The van der Waals surface area contributed by atoms with Gasteiger partial charge in [0.25, 0.3) is 0 Å². The molecule has 4 rings (SSSR count). The fourth-order valence-electron chi connectivity index (χ4n) is 4.61. The third kappa shape index (κ3) is 7.15. The van der Waals surface area contributed by atoms with E-state index in [2.05, 4.69) is 59.9 Å². The van der Waals surface area contributed by atoms with Gasteiger partial charge in [0, 0.05) is 24.4 Å². The molecule has 13 heteroatoms. The lowest BCUT2D eigenvalue weighted by molar-refractivity contribution is -0.189. The zero-order valence-electron chi connectivity index (χ0n) is 26.8. The molecule has 9 nitrogen and oxygen atoms in total. The number of hydrogen-bond donors (Lipinski definition) is 0. The van der Waals surface area contributed by atoms with Gasteiger partial charge in [0.2, 0.25) is 0 Å². The van der Waals surface area contributed by atoms with Crippen LogP contribution < -0.4 is 4.74 Å². The highest BCUT2D eigenvalue weighted by atomic mass is 79.9. The maximum Gasteiger partial charge on any atom is 0.380 e. The van der Waals surface area contributed by atoms with Crippen LogP contribution in [-0.4, -0.2) is 61.4 Å². The fourth-order valence-corrected chi connectivity index (χ4v) is 6.20. The van der Waals surface area contributed by atoms with Crippen LogP contribution in [0.5, 0.6) is 5.75 Å². The minimum atomic E-state index is -2.21. The summed E-state index contributed by atoms with van der Waals surface area (Å²) in [5.41, 5.74) is 0.186. The van der Waals surface area contributed by atoms with E-state index in [0.29, 0.717) is 10.2 Å². The van der Waals surface area contributed by atoms with Gasteiger partial charge in [-0.25, -0.2) is 18.6 Å². The molecule has 0 saturated carbocycles. The molecule has 0 aliphatic carbocycles. The Morgan fingerprint density at radius 3 is 2.42 bits per heavy atom. The quantitative estimate of drug-likeness (QED) is 0.153. The van der Waals surface area contributed by atoms with Crippen molar-refractivity contribution in [3.8, 4) is 11.4 Å². The fraction of sp³-hybridized carbons (Fsp3) is 0.406. The summed E-state index contributed by atoms with van der Waals surface area (Å²) < 4.78 is 49.0. The number of halogens is 3. The first kappa shape index (κ1) is 34.3. The van der Waals surface area contributed by atoms with Crippen molar-refractivity contribution in [3.05, 3.63) is 81.9 Å². The van der Waals surface area contributed by atoms with E-state index in [0.717, 1.165) is 35.1 Å². The molecule has 1 unspecified atom stereocenters. The van der Waals surface area contributed by atoms with Crippen LogP contribution in [-0.2, 0) is 24.5 Å². The van der Waals surface area contributed by atoms with Crippen LogP contribution in [0.4, 0.5) is 8.78 Å². The van der Waals surface area contributed by atoms with Gasteiger partial charge in [-0.15, -0.1) is 0 Å². The second-order valence-electron chi connectivity index (χ2n) is 12.1. The number of oxime groups is 1. The standard InChI is InChI=1S/C32H39BrF2N4O5Si/c1-9-42-30(40)32(23-16-24(34)18-25(35)17-23)39(12-13-43-45(7,8)31(3,4)5)29(37-44-32)26(33)14-22-10-11-27(28(15-22)41-6)38-19-21(2)36-20-38/h10-11,14-20H,9,12-13H2,1-8H3/b26-14-. The summed E-state index contributed by atoms with van der Waals surface area (Å²) in [6.45, 7) is 14.4. The molecule has 1 atom stereocenters. The number of benzene rings is 2. The summed E-state index contributed by atoms with van der Waals surface area (Å²) in [6.07, 6.45) is 5.38. The summed E-state index contributed by atoms with van der Waals surface area (Å²) in [7, 11) is -0.626. The monoisotopic (exact) mass is 704 g/mol. The Morgan fingerprint density at radius 2 is 1.84 bits per heavy atom. The number of methoxy groups -OCH3 is 1. The molecular formula is C32H39BrF2N4O5Si. The summed E-state index contributed by atoms with van der Waals surface area (Å²) in [4.78, 5) is 25.4. The molecule has 0 saturated heterocycles. The number of aromatic nitrogens is 2. The first-order valence-electron chi connectivity index (χ1n) is 14.5. The smallest absolute Gasteiger partial charge is 0.380 e. The van der Waals surface area contributed by atoms with Crippen molar-refractivity contribution >= 4 is 42.1 Å². The second-order valence-corrected chi connectivity index (χ2v) is 17.8. The van der Waals surface area contributed by atoms with Gasteiger partial charge < -0.3 is 23.3 Å². The van der Waals surface area contributed by atoms with Gasteiger partial charge in [0.05, 0.1) is 42.5 Å². The molecule has 0 bridgehead atoms. The van der Waals surface area contributed by atoms with Crippen LogP contribution in [0, 0.1) is 18.6 Å². The lowest BCUT2D eigenvalue weighted by atomic mass is 9.99. The van der Waals surface area contributed by atoms with E-state index in [1.54, 1.807) is 26.4 Å². The van der Waals surface area contributed by atoms with Gasteiger partial charge in [-0.1, -0.05) is 32.0 Å². The van der Waals surface area contributed by atoms with Crippen molar-refractivity contribution in [1.82, 2.24) is 14.5 Å². The molecule has 45 heavy (non-hydrogen) atoms. The van der Waals surface area contributed by atoms with Crippen molar-refractivity contribution in [2.75, 3.05) is 26.9 Å². The van der Waals surface area contributed by atoms with Gasteiger partial charge in [0.15, 0.2) is 14.2 Å². The number of imidazole rings is 1. The maximum atomic E-state index is 14.6. The Balaban J connectivity index is 1.78. The number of esters is 1. The molecule has 0 fully saturated rings. The number of hydrogen-bond acceptors (Lipinski definition) is 8. The van der Waals surface area contributed by atoms with Gasteiger partial charge in [-0.05, 0) is 83.8 Å². The first-order chi connectivity index (χ1) is 21.1. The zero-order chi connectivity index (χ0) is 33.2. The molecule has 0 spiro atoms. The lowest BCUT2D eigenvalue weighted by Crippen LogP contribution is -2.54. The highest BCUT2D eigenvalue weighted by molar-refractivity contribution is 9.12. The van der Waals surface area contributed by atoms with Crippen LogP contribution in [0.1, 0.15) is 44.5 Å². The largest absolute Gasteiger partial charge is 0.495 e. The third-order valence-electron chi connectivity index (χ3n) is 7.99. The van der Waals surface area contributed by atoms with Crippen molar-refractivity contribution < 1.29 is 32.3 Å². The number of ether oxygens (including phenoxy) is 2. The Kier molecular flexibility index (Phi) is 10.2. The number of rotatable bonds is 11. The van der Waals surface area contributed by atoms with Gasteiger partial charge in [0.1, 0.15) is 17.4 Å². The summed E-state index contributed by atoms with van der Waals surface area (Å²) in [6, 6.07) is 8.42. The number of nitrogens with zero attached hydrogens (tertiary/aromatic N) is 4. The topological polar surface area (TPSA) is 87.4 Å². The second kappa shape index (κ2) is 13.4. The molecule has 2 heterocycles. The molecule has 1 aromatic heterocycles. The highest BCUT2D eigenvalue weighted by Crippen LogP contribution is 2.41. The normalized spacial score (nSPS) is 17.3. The van der Waals surface area contributed by atoms with E-state index in [1.807, 2.05) is 35.9 Å². The maximum absolute atomic E-state index is 14.6. The average Bonchev–Trinajstić information content (AvgIpc) is 3.56. The van der Waals surface area contributed by atoms with Gasteiger partial charge in [-0.3, -0.25) is 4.90 Å². The molecule has 1 aliphatic rings. The molecule has 3 aromatic rings. The van der Waals surface area contributed by atoms with Gasteiger partial charge >= 0.3 is 11.7 Å². The lowest BCUT2D eigenvalue weighted by Gasteiger charge is -2.39.